The summed E-state index contributed by atoms with van der Waals surface area (Å²) in [6.07, 6.45) is 1.49. The van der Waals surface area contributed by atoms with Crippen molar-refractivity contribution in [2.75, 3.05) is 18.5 Å². The number of nitrogens with zero attached hydrogens (tertiary/aromatic N) is 2. The molecular weight excluding hydrogens is 394 g/mol. The standard InChI is InChI=1S/C20H21N3O7/c1-12-5-6-16(23(27)28)19(13(12)2)21-17(24)11-30-20(26)14-8-18(25)22(9-14)10-15-4-3-7-29-15/h3-7,14H,8-11H2,1-2H3,(H,21,24)/t14-/m1/s1. The summed E-state index contributed by atoms with van der Waals surface area (Å²) in [7, 11) is 0. The number of anilines is 1. The molecule has 158 valence electrons. The number of ether oxygens (including phenoxy) is 1. The third-order valence-corrected chi connectivity index (χ3v) is 5.00. The number of hydrogen-bond donors (Lipinski definition) is 1. The van der Waals surface area contributed by atoms with Gasteiger partial charge in [0.05, 0.1) is 23.6 Å². The van der Waals surface area contributed by atoms with Crippen LogP contribution >= 0.6 is 0 Å². The Morgan fingerprint density at radius 1 is 1.33 bits per heavy atom. The van der Waals surface area contributed by atoms with Gasteiger partial charge in [-0.2, -0.15) is 0 Å². The first-order chi connectivity index (χ1) is 14.3. The van der Waals surface area contributed by atoms with Gasteiger partial charge in [0, 0.05) is 19.0 Å². The van der Waals surface area contributed by atoms with E-state index in [4.69, 9.17) is 9.15 Å². The molecule has 1 aliphatic rings. The monoisotopic (exact) mass is 415 g/mol. The van der Waals surface area contributed by atoms with Crippen LogP contribution in [0, 0.1) is 29.9 Å². The minimum Gasteiger partial charge on any atom is -0.467 e. The van der Waals surface area contributed by atoms with Gasteiger partial charge >= 0.3 is 5.97 Å². The molecule has 2 heterocycles. The van der Waals surface area contributed by atoms with E-state index in [0.29, 0.717) is 11.3 Å². The van der Waals surface area contributed by atoms with Crippen molar-refractivity contribution in [3.63, 3.8) is 0 Å². The summed E-state index contributed by atoms with van der Waals surface area (Å²) in [6.45, 7) is 3.24. The highest BCUT2D eigenvalue weighted by Gasteiger charge is 2.36. The summed E-state index contributed by atoms with van der Waals surface area (Å²) < 4.78 is 10.2. The number of nitrogens with one attached hydrogen (secondary N) is 1. The van der Waals surface area contributed by atoms with Crippen molar-refractivity contribution in [3.8, 4) is 0 Å². The zero-order valence-electron chi connectivity index (χ0n) is 16.5. The molecule has 1 aliphatic heterocycles. The molecule has 0 unspecified atom stereocenters. The van der Waals surface area contributed by atoms with E-state index in [1.807, 2.05) is 0 Å². The quantitative estimate of drug-likeness (QED) is 0.417. The Bertz CT molecular complexity index is 985. The fraction of sp³-hybridized carbons (Fsp3) is 0.350. The molecule has 0 saturated carbocycles. The number of furan rings is 1. The molecule has 1 saturated heterocycles. The van der Waals surface area contributed by atoms with Crippen LogP contribution in [-0.2, 0) is 25.7 Å². The summed E-state index contributed by atoms with van der Waals surface area (Å²) in [5, 5.41) is 13.7. The van der Waals surface area contributed by atoms with Gasteiger partial charge in [0.15, 0.2) is 6.61 Å². The molecule has 1 atom stereocenters. The van der Waals surface area contributed by atoms with Crippen LogP contribution in [0.4, 0.5) is 11.4 Å². The lowest BCUT2D eigenvalue weighted by Crippen LogP contribution is -2.28. The van der Waals surface area contributed by atoms with E-state index in [1.54, 1.807) is 32.0 Å². The molecule has 2 amide bonds. The lowest BCUT2D eigenvalue weighted by Gasteiger charge is -2.15. The summed E-state index contributed by atoms with van der Waals surface area (Å²) in [5.74, 6) is -1.65. The Hall–Kier alpha value is -3.69. The number of likely N-dealkylation sites (tertiary alicyclic amines) is 1. The van der Waals surface area contributed by atoms with Crippen LogP contribution in [0.1, 0.15) is 23.3 Å². The lowest BCUT2D eigenvalue weighted by molar-refractivity contribution is -0.384. The van der Waals surface area contributed by atoms with Crippen LogP contribution in [0.15, 0.2) is 34.9 Å². The largest absolute Gasteiger partial charge is 0.467 e. The smallest absolute Gasteiger partial charge is 0.311 e. The zero-order valence-corrected chi connectivity index (χ0v) is 16.5. The van der Waals surface area contributed by atoms with Crippen molar-refractivity contribution in [1.29, 1.82) is 0 Å². The van der Waals surface area contributed by atoms with Gasteiger partial charge in [-0.1, -0.05) is 6.07 Å². The van der Waals surface area contributed by atoms with Crippen molar-refractivity contribution >= 4 is 29.2 Å². The van der Waals surface area contributed by atoms with E-state index >= 15 is 0 Å². The van der Waals surface area contributed by atoms with E-state index in [-0.39, 0.29) is 36.8 Å². The van der Waals surface area contributed by atoms with E-state index in [1.165, 1.54) is 17.2 Å². The lowest BCUT2D eigenvalue weighted by atomic mass is 10.1. The van der Waals surface area contributed by atoms with Crippen LogP contribution < -0.4 is 5.32 Å². The van der Waals surface area contributed by atoms with Gasteiger partial charge in [0.25, 0.3) is 11.6 Å². The molecule has 0 bridgehead atoms. The normalized spacial score (nSPS) is 15.9. The topological polar surface area (TPSA) is 132 Å². The molecule has 1 aromatic carbocycles. The van der Waals surface area contributed by atoms with Crippen LogP contribution in [0.2, 0.25) is 0 Å². The number of benzene rings is 1. The Morgan fingerprint density at radius 3 is 2.77 bits per heavy atom. The maximum absolute atomic E-state index is 12.3. The van der Waals surface area contributed by atoms with Crippen molar-refractivity contribution in [2.45, 2.75) is 26.8 Å². The maximum Gasteiger partial charge on any atom is 0.311 e. The molecule has 10 nitrogen and oxygen atoms in total. The molecule has 1 aromatic heterocycles. The predicted molar refractivity (Wildman–Crippen MR) is 104 cm³/mol. The summed E-state index contributed by atoms with van der Waals surface area (Å²) in [4.78, 5) is 48.7. The second kappa shape index (κ2) is 8.76. The molecule has 0 spiro atoms. The van der Waals surface area contributed by atoms with Gasteiger partial charge in [-0.25, -0.2) is 0 Å². The number of esters is 1. The first kappa shape index (κ1) is 21.0. The minimum absolute atomic E-state index is 0.0103. The highest BCUT2D eigenvalue weighted by Crippen LogP contribution is 2.30. The molecule has 3 rings (SSSR count). The third kappa shape index (κ3) is 4.65. The van der Waals surface area contributed by atoms with E-state index in [0.717, 1.165) is 5.56 Å². The van der Waals surface area contributed by atoms with Gasteiger partial charge in [-0.3, -0.25) is 24.5 Å². The van der Waals surface area contributed by atoms with Crippen molar-refractivity contribution in [2.24, 2.45) is 5.92 Å². The van der Waals surface area contributed by atoms with Crippen LogP contribution in [0.3, 0.4) is 0 Å². The molecule has 1 N–H and O–H groups in total. The van der Waals surface area contributed by atoms with Crippen molar-refractivity contribution in [3.05, 3.63) is 57.5 Å². The number of carbonyl (C=O) groups excluding carboxylic acids is 3. The fourth-order valence-corrected chi connectivity index (χ4v) is 3.22. The van der Waals surface area contributed by atoms with Gasteiger partial charge in [-0.05, 0) is 37.1 Å². The number of amides is 2. The van der Waals surface area contributed by atoms with E-state index in [9.17, 15) is 24.5 Å². The number of nitro benzene ring substituents is 1. The number of carbonyl (C=O) groups is 3. The number of hydrogen-bond acceptors (Lipinski definition) is 7. The van der Waals surface area contributed by atoms with E-state index < -0.39 is 29.3 Å². The molecule has 10 heteroatoms. The van der Waals surface area contributed by atoms with E-state index in [2.05, 4.69) is 5.32 Å². The van der Waals surface area contributed by atoms with Gasteiger partial charge in [0.2, 0.25) is 5.91 Å². The number of rotatable bonds is 7. The van der Waals surface area contributed by atoms with Gasteiger partial charge in [0.1, 0.15) is 11.4 Å². The molecule has 30 heavy (non-hydrogen) atoms. The molecule has 2 aromatic rings. The Labute approximate surface area is 171 Å². The minimum atomic E-state index is -0.697. The maximum atomic E-state index is 12.3. The Kier molecular flexibility index (Phi) is 6.14. The van der Waals surface area contributed by atoms with Gasteiger partial charge in [-0.15, -0.1) is 0 Å². The SMILES string of the molecule is Cc1ccc([N+](=O)[O-])c(NC(=O)COC(=O)[C@@H]2CC(=O)N(Cc3ccco3)C2)c1C. The highest BCUT2D eigenvalue weighted by molar-refractivity contribution is 5.96. The second-order valence-corrected chi connectivity index (χ2v) is 7.07. The van der Waals surface area contributed by atoms with Crippen LogP contribution in [-0.4, -0.2) is 40.8 Å². The van der Waals surface area contributed by atoms with Crippen molar-refractivity contribution in [1.82, 2.24) is 4.90 Å². The fourth-order valence-electron chi connectivity index (χ4n) is 3.22. The predicted octanol–water partition coefficient (Wildman–Crippen LogP) is 2.34. The first-order valence-electron chi connectivity index (χ1n) is 9.27. The summed E-state index contributed by atoms with van der Waals surface area (Å²) >= 11 is 0. The molecule has 1 fully saturated rings. The van der Waals surface area contributed by atoms with Crippen LogP contribution in [0.5, 0.6) is 0 Å². The highest BCUT2D eigenvalue weighted by atomic mass is 16.6. The van der Waals surface area contributed by atoms with Crippen LogP contribution in [0.25, 0.3) is 0 Å². The zero-order chi connectivity index (χ0) is 21.8. The number of nitro groups is 1. The first-order valence-corrected chi connectivity index (χ1v) is 9.27. The number of aryl methyl sites for hydroxylation is 1. The summed E-state index contributed by atoms with van der Waals surface area (Å²) in [6, 6.07) is 6.34. The average molecular weight is 415 g/mol. The molecule has 0 aliphatic carbocycles. The third-order valence-electron chi connectivity index (χ3n) is 5.00. The van der Waals surface area contributed by atoms with Gasteiger partial charge < -0.3 is 19.4 Å². The Balaban J connectivity index is 1.55. The van der Waals surface area contributed by atoms with Crippen molar-refractivity contribution < 1.29 is 28.5 Å². The second-order valence-electron chi connectivity index (χ2n) is 7.07. The molecular formula is C20H21N3O7. The average Bonchev–Trinajstić information content (AvgIpc) is 3.34. The summed E-state index contributed by atoms with van der Waals surface area (Å²) in [5.41, 5.74) is 1.15. The Morgan fingerprint density at radius 2 is 2.10 bits per heavy atom. The molecule has 0 radical (unpaired) electrons.